The first kappa shape index (κ1) is 26.3. The molecule has 10 heteroatoms. The Labute approximate surface area is 217 Å². The number of methoxy groups -OCH3 is 1. The lowest BCUT2D eigenvalue weighted by Crippen LogP contribution is -2.48. The van der Waals surface area contributed by atoms with Crippen LogP contribution in [0.25, 0.3) is 11.3 Å². The Balaban J connectivity index is 1.32. The molecule has 0 atom stereocenters. The minimum atomic E-state index is -3.53. The highest BCUT2D eigenvalue weighted by Gasteiger charge is 2.25. The van der Waals surface area contributed by atoms with Gasteiger partial charge in [-0.05, 0) is 48.5 Å². The summed E-state index contributed by atoms with van der Waals surface area (Å²) < 4.78 is 32.0. The van der Waals surface area contributed by atoms with Crippen molar-refractivity contribution in [1.82, 2.24) is 19.1 Å². The van der Waals surface area contributed by atoms with Crippen LogP contribution in [0.2, 0.25) is 0 Å². The molecule has 2 heterocycles. The normalized spacial score (nSPS) is 14.8. The Morgan fingerprint density at radius 1 is 1.00 bits per heavy atom. The molecule has 1 aliphatic rings. The molecule has 0 aliphatic carbocycles. The van der Waals surface area contributed by atoms with E-state index in [1.54, 1.807) is 30.6 Å². The molecule has 1 saturated heterocycles. The van der Waals surface area contributed by atoms with Gasteiger partial charge in [-0.25, -0.2) is 13.4 Å². The zero-order valence-corrected chi connectivity index (χ0v) is 22.5. The number of sulfonamides is 1. The summed E-state index contributed by atoms with van der Waals surface area (Å²) >= 11 is 1.64. The summed E-state index contributed by atoms with van der Waals surface area (Å²) in [5.41, 5.74) is 2.52. The summed E-state index contributed by atoms with van der Waals surface area (Å²) in [7, 11) is -1.88. The quantitative estimate of drug-likeness (QED) is 0.420. The Bertz CT molecular complexity index is 1260. The summed E-state index contributed by atoms with van der Waals surface area (Å²) in [6.45, 7) is 7.96. The number of aromatic nitrogens is 1. The lowest BCUT2D eigenvalue weighted by Gasteiger charge is -2.34. The van der Waals surface area contributed by atoms with Gasteiger partial charge >= 0.3 is 0 Å². The van der Waals surface area contributed by atoms with Crippen LogP contribution in [-0.2, 0) is 16.6 Å². The van der Waals surface area contributed by atoms with Gasteiger partial charge in [-0.1, -0.05) is 13.8 Å². The largest absolute Gasteiger partial charge is 0.497 e. The van der Waals surface area contributed by atoms with E-state index in [-0.39, 0.29) is 10.8 Å². The van der Waals surface area contributed by atoms with Gasteiger partial charge in [0.1, 0.15) is 10.8 Å². The van der Waals surface area contributed by atoms with Gasteiger partial charge < -0.3 is 9.64 Å². The number of nitrogens with zero attached hydrogens (tertiary/aromatic N) is 4. The van der Waals surface area contributed by atoms with Crippen molar-refractivity contribution in [2.75, 3.05) is 46.4 Å². The molecular formula is C26H32N4O4S2. The van der Waals surface area contributed by atoms with Crippen LogP contribution in [0.1, 0.15) is 29.2 Å². The van der Waals surface area contributed by atoms with Gasteiger partial charge in [-0.2, -0.15) is 4.31 Å². The van der Waals surface area contributed by atoms with Crippen molar-refractivity contribution in [3.05, 3.63) is 64.5 Å². The maximum absolute atomic E-state index is 13.0. The topological polar surface area (TPSA) is 83.1 Å². The smallest absolute Gasteiger partial charge is 0.253 e. The lowest BCUT2D eigenvalue weighted by molar-refractivity contribution is 0.0628. The standard InChI is InChI=1S/C26H32N4O4S2/c1-4-30(5-2)36(32,33)23-12-8-21(9-13-23)26(31)29-16-14-28(15-17-29)18-25-27-24(19-35-25)20-6-10-22(34-3)11-7-20/h6-13,19H,4-5,14-18H2,1-3H3. The van der Waals surface area contributed by atoms with E-state index in [1.165, 1.54) is 16.4 Å². The van der Waals surface area contributed by atoms with E-state index in [0.717, 1.165) is 41.6 Å². The van der Waals surface area contributed by atoms with Crippen LogP contribution in [0.3, 0.4) is 0 Å². The minimum absolute atomic E-state index is 0.0718. The molecule has 1 aromatic heterocycles. The summed E-state index contributed by atoms with van der Waals surface area (Å²) in [5, 5.41) is 3.12. The number of ether oxygens (including phenoxy) is 1. The number of hydrogen-bond donors (Lipinski definition) is 0. The molecule has 0 N–H and O–H groups in total. The number of piperazine rings is 1. The molecule has 1 aliphatic heterocycles. The predicted molar refractivity (Wildman–Crippen MR) is 142 cm³/mol. The Kier molecular flexibility index (Phi) is 8.40. The second kappa shape index (κ2) is 11.5. The van der Waals surface area contributed by atoms with Crippen molar-refractivity contribution in [2.45, 2.75) is 25.3 Å². The maximum Gasteiger partial charge on any atom is 0.253 e. The SMILES string of the molecule is CCN(CC)S(=O)(=O)c1ccc(C(=O)N2CCN(Cc3nc(-c4ccc(OC)cc4)cs3)CC2)cc1. The first-order chi connectivity index (χ1) is 17.3. The molecular weight excluding hydrogens is 496 g/mol. The van der Waals surface area contributed by atoms with Crippen LogP contribution >= 0.6 is 11.3 Å². The van der Waals surface area contributed by atoms with E-state index in [9.17, 15) is 13.2 Å². The molecule has 1 fully saturated rings. The van der Waals surface area contributed by atoms with Crippen LogP contribution in [0.4, 0.5) is 0 Å². The molecule has 8 nitrogen and oxygen atoms in total. The number of rotatable bonds is 9. The van der Waals surface area contributed by atoms with E-state index in [4.69, 9.17) is 9.72 Å². The molecule has 0 unspecified atom stereocenters. The fraction of sp³-hybridized carbons (Fsp3) is 0.385. The molecule has 0 radical (unpaired) electrons. The Morgan fingerprint density at radius 2 is 1.64 bits per heavy atom. The molecule has 3 aromatic rings. The van der Waals surface area contributed by atoms with Crippen molar-refractivity contribution in [1.29, 1.82) is 0 Å². The van der Waals surface area contributed by atoms with Gasteiger partial charge in [0.15, 0.2) is 0 Å². The number of hydrogen-bond acceptors (Lipinski definition) is 7. The number of thiazole rings is 1. The van der Waals surface area contributed by atoms with Crippen LogP contribution in [-0.4, -0.2) is 79.8 Å². The van der Waals surface area contributed by atoms with Gasteiger partial charge in [0.2, 0.25) is 10.0 Å². The molecule has 192 valence electrons. The summed E-state index contributed by atoms with van der Waals surface area (Å²) in [6, 6.07) is 14.2. The van der Waals surface area contributed by atoms with Gasteiger partial charge in [0.05, 0.1) is 24.2 Å². The average molecular weight is 529 g/mol. The molecule has 36 heavy (non-hydrogen) atoms. The third-order valence-corrected chi connectivity index (χ3v) is 9.30. The molecule has 4 rings (SSSR count). The van der Waals surface area contributed by atoms with Crippen molar-refractivity contribution in [3.63, 3.8) is 0 Å². The first-order valence-electron chi connectivity index (χ1n) is 12.1. The van der Waals surface area contributed by atoms with Gasteiger partial charge in [-0.3, -0.25) is 9.69 Å². The molecule has 0 bridgehead atoms. The summed E-state index contributed by atoms with van der Waals surface area (Å²) in [4.78, 5) is 22.1. The van der Waals surface area contributed by atoms with Crippen LogP contribution in [0.5, 0.6) is 5.75 Å². The van der Waals surface area contributed by atoms with Crippen LogP contribution < -0.4 is 4.74 Å². The van der Waals surface area contributed by atoms with E-state index >= 15 is 0 Å². The number of benzene rings is 2. The molecule has 0 spiro atoms. The third kappa shape index (κ3) is 5.78. The maximum atomic E-state index is 13.0. The number of carbonyl (C=O) groups excluding carboxylic acids is 1. The van der Waals surface area contributed by atoms with Crippen LogP contribution in [0.15, 0.2) is 58.8 Å². The van der Waals surface area contributed by atoms with E-state index in [0.29, 0.717) is 31.7 Å². The second-order valence-electron chi connectivity index (χ2n) is 8.54. The number of carbonyl (C=O) groups is 1. The van der Waals surface area contributed by atoms with E-state index in [1.807, 2.05) is 43.0 Å². The highest BCUT2D eigenvalue weighted by Crippen LogP contribution is 2.25. The molecule has 2 aromatic carbocycles. The molecule has 0 saturated carbocycles. The van der Waals surface area contributed by atoms with E-state index in [2.05, 4.69) is 10.3 Å². The lowest BCUT2D eigenvalue weighted by atomic mass is 10.2. The van der Waals surface area contributed by atoms with E-state index < -0.39 is 10.0 Å². The average Bonchev–Trinajstić information content (AvgIpc) is 3.38. The van der Waals surface area contributed by atoms with Gasteiger partial charge in [0, 0.05) is 55.8 Å². The second-order valence-corrected chi connectivity index (χ2v) is 11.4. The monoisotopic (exact) mass is 528 g/mol. The highest BCUT2D eigenvalue weighted by molar-refractivity contribution is 7.89. The van der Waals surface area contributed by atoms with Crippen molar-refractivity contribution in [3.8, 4) is 17.0 Å². The summed E-state index contributed by atoms with van der Waals surface area (Å²) in [6.07, 6.45) is 0. The first-order valence-corrected chi connectivity index (χ1v) is 14.4. The zero-order valence-electron chi connectivity index (χ0n) is 20.9. The minimum Gasteiger partial charge on any atom is -0.497 e. The fourth-order valence-corrected chi connectivity index (χ4v) is 6.55. The van der Waals surface area contributed by atoms with Gasteiger partial charge in [-0.15, -0.1) is 11.3 Å². The molecule has 1 amide bonds. The Hall–Kier alpha value is -2.79. The van der Waals surface area contributed by atoms with Crippen LogP contribution in [0, 0.1) is 0 Å². The summed E-state index contributed by atoms with van der Waals surface area (Å²) in [5.74, 6) is 0.750. The van der Waals surface area contributed by atoms with Crippen molar-refractivity contribution < 1.29 is 17.9 Å². The zero-order chi connectivity index (χ0) is 25.7. The number of amides is 1. The Morgan fingerprint density at radius 3 is 2.22 bits per heavy atom. The van der Waals surface area contributed by atoms with Crippen molar-refractivity contribution >= 4 is 27.3 Å². The third-order valence-electron chi connectivity index (χ3n) is 6.40. The predicted octanol–water partition coefficient (Wildman–Crippen LogP) is 3.81. The highest BCUT2D eigenvalue weighted by atomic mass is 32.2. The van der Waals surface area contributed by atoms with Gasteiger partial charge in [0.25, 0.3) is 5.91 Å². The van der Waals surface area contributed by atoms with Crippen molar-refractivity contribution in [2.24, 2.45) is 0 Å². The fourth-order valence-electron chi connectivity index (χ4n) is 4.24.